The lowest BCUT2D eigenvalue weighted by molar-refractivity contribution is 0.310. The van der Waals surface area contributed by atoms with Crippen molar-refractivity contribution in [2.45, 2.75) is 12.8 Å². The van der Waals surface area contributed by atoms with Crippen LogP contribution in [0.15, 0.2) is 24.3 Å². The van der Waals surface area contributed by atoms with Crippen LogP contribution in [0.25, 0.3) is 0 Å². The van der Waals surface area contributed by atoms with Gasteiger partial charge < -0.3 is 20.9 Å². The molecule has 0 bridgehead atoms. The number of rotatable bonds is 14. The lowest BCUT2D eigenvalue weighted by Gasteiger charge is -2.08. The number of hydrogen-bond acceptors (Lipinski definition) is 6. The quantitative estimate of drug-likeness (QED) is 0.506. The summed E-state index contributed by atoms with van der Waals surface area (Å²) in [6.45, 7) is 2.99. The summed E-state index contributed by atoms with van der Waals surface area (Å²) in [5, 5.41) is 0. The van der Waals surface area contributed by atoms with Gasteiger partial charge in [0.05, 0.1) is 13.2 Å². The van der Waals surface area contributed by atoms with Gasteiger partial charge in [0.15, 0.2) is 0 Å². The van der Waals surface area contributed by atoms with Crippen LogP contribution in [-0.4, -0.2) is 49.3 Å². The molecule has 4 nitrogen and oxygen atoms in total. The summed E-state index contributed by atoms with van der Waals surface area (Å²) in [6.07, 6.45) is 2.09. The molecule has 0 aliphatic carbocycles. The van der Waals surface area contributed by atoms with E-state index in [-0.39, 0.29) is 0 Å². The first-order valence-electron chi connectivity index (χ1n) is 7.78. The summed E-state index contributed by atoms with van der Waals surface area (Å²) in [4.78, 5) is 0. The molecule has 0 unspecified atom stereocenters. The van der Waals surface area contributed by atoms with Crippen molar-refractivity contribution in [1.82, 2.24) is 0 Å². The molecule has 0 fully saturated rings. The Bertz CT molecular complexity index is 329. The average molecular weight is 345 g/mol. The van der Waals surface area contributed by atoms with Crippen molar-refractivity contribution in [3.05, 3.63) is 24.3 Å². The van der Waals surface area contributed by atoms with Gasteiger partial charge in [0.25, 0.3) is 0 Å². The molecule has 4 N–H and O–H groups in total. The highest BCUT2D eigenvalue weighted by Crippen LogP contribution is 2.18. The van der Waals surface area contributed by atoms with Gasteiger partial charge >= 0.3 is 0 Å². The fraction of sp³-hybridized carbons (Fsp3) is 0.625. The molecule has 0 heterocycles. The maximum atomic E-state index is 5.70. The van der Waals surface area contributed by atoms with E-state index in [1.807, 2.05) is 47.8 Å². The summed E-state index contributed by atoms with van der Waals surface area (Å²) in [5.41, 5.74) is 10.9. The predicted molar refractivity (Wildman–Crippen MR) is 99.4 cm³/mol. The summed E-state index contributed by atoms with van der Waals surface area (Å²) in [7, 11) is 0. The Kier molecular flexibility index (Phi) is 12.5. The standard InChI is InChI=1S/C16H28N2O2S2/c17-7-13-21-11-1-9-19-15-3-5-16(6-4-15)20-10-2-12-22-14-8-18/h3-6H,1-2,7-14,17-18H2. The third-order valence-electron chi connectivity index (χ3n) is 2.75. The number of thioether (sulfide) groups is 2. The fourth-order valence-corrected chi connectivity index (χ4v) is 3.09. The van der Waals surface area contributed by atoms with Gasteiger partial charge in [0, 0.05) is 24.6 Å². The van der Waals surface area contributed by atoms with Crippen LogP contribution < -0.4 is 20.9 Å². The van der Waals surface area contributed by atoms with Crippen molar-refractivity contribution in [3.8, 4) is 11.5 Å². The fourth-order valence-electron chi connectivity index (χ4n) is 1.70. The highest BCUT2D eigenvalue weighted by atomic mass is 32.2. The van der Waals surface area contributed by atoms with Crippen LogP contribution in [0.3, 0.4) is 0 Å². The van der Waals surface area contributed by atoms with E-state index in [0.29, 0.717) is 0 Å². The monoisotopic (exact) mass is 344 g/mol. The number of benzene rings is 1. The summed E-state index contributed by atoms with van der Waals surface area (Å²) in [6, 6.07) is 7.86. The third-order valence-corrected chi connectivity index (χ3v) is 4.96. The second-order valence-corrected chi connectivity index (χ2v) is 7.13. The van der Waals surface area contributed by atoms with E-state index in [1.54, 1.807) is 0 Å². The van der Waals surface area contributed by atoms with Crippen molar-refractivity contribution in [3.63, 3.8) is 0 Å². The van der Waals surface area contributed by atoms with Gasteiger partial charge in [0.1, 0.15) is 11.5 Å². The Balaban J connectivity index is 2.07. The maximum absolute atomic E-state index is 5.70. The van der Waals surface area contributed by atoms with E-state index in [2.05, 4.69) is 0 Å². The lowest BCUT2D eigenvalue weighted by atomic mass is 10.3. The van der Waals surface area contributed by atoms with E-state index in [9.17, 15) is 0 Å². The minimum Gasteiger partial charge on any atom is -0.494 e. The minimum atomic E-state index is 0.746. The highest BCUT2D eigenvalue weighted by molar-refractivity contribution is 7.99. The number of hydrogen-bond donors (Lipinski definition) is 2. The summed E-state index contributed by atoms with van der Waals surface area (Å²) in [5.74, 6) is 6.04. The second-order valence-electron chi connectivity index (χ2n) is 4.68. The topological polar surface area (TPSA) is 70.5 Å². The number of nitrogens with two attached hydrogens (primary N) is 2. The van der Waals surface area contributed by atoms with Gasteiger partial charge in [-0.15, -0.1) is 0 Å². The van der Waals surface area contributed by atoms with Crippen LogP contribution >= 0.6 is 23.5 Å². The van der Waals surface area contributed by atoms with Crippen LogP contribution in [0.5, 0.6) is 11.5 Å². The molecule has 1 aromatic rings. The van der Waals surface area contributed by atoms with Gasteiger partial charge in [-0.3, -0.25) is 0 Å². The lowest BCUT2D eigenvalue weighted by Crippen LogP contribution is -2.04. The van der Waals surface area contributed by atoms with E-state index < -0.39 is 0 Å². The van der Waals surface area contributed by atoms with E-state index in [4.69, 9.17) is 20.9 Å². The smallest absolute Gasteiger partial charge is 0.119 e. The zero-order valence-electron chi connectivity index (χ0n) is 13.2. The normalized spacial score (nSPS) is 10.6. The molecular formula is C16H28N2O2S2. The van der Waals surface area contributed by atoms with Gasteiger partial charge in [-0.2, -0.15) is 23.5 Å². The molecule has 0 atom stereocenters. The zero-order chi connectivity index (χ0) is 15.9. The SMILES string of the molecule is NCCSCCCOc1ccc(OCCCSCCN)cc1. The molecule has 6 heteroatoms. The van der Waals surface area contributed by atoms with Crippen molar-refractivity contribution < 1.29 is 9.47 Å². The average Bonchev–Trinajstić information content (AvgIpc) is 2.55. The molecule has 0 saturated carbocycles. The Morgan fingerprint density at radius 3 is 1.45 bits per heavy atom. The van der Waals surface area contributed by atoms with Crippen molar-refractivity contribution >= 4 is 23.5 Å². The van der Waals surface area contributed by atoms with Crippen LogP contribution in [-0.2, 0) is 0 Å². The zero-order valence-corrected chi connectivity index (χ0v) is 14.8. The van der Waals surface area contributed by atoms with Gasteiger partial charge in [-0.1, -0.05) is 0 Å². The van der Waals surface area contributed by atoms with E-state index in [1.165, 1.54) is 0 Å². The van der Waals surface area contributed by atoms with Crippen LogP contribution in [0.4, 0.5) is 0 Å². The first-order valence-corrected chi connectivity index (χ1v) is 10.1. The Labute approximate surface area is 142 Å². The maximum Gasteiger partial charge on any atom is 0.119 e. The largest absolute Gasteiger partial charge is 0.494 e. The molecule has 1 aromatic carbocycles. The Hall–Kier alpha value is -0.560. The molecule has 0 saturated heterocycles. The van der Waals surface area contributed by atoms with Crippen LogP contribution in [0.1, 0.15) is 12.8 Å². The molecule has 1 rings (SSSR count). The van der Waals surface area contributed by atoms with E-state index >= 15 is 0 Å². The second kappa shape index (κ2) is 14.1. The highest BCUT2D eigenvalue weighted by Gasteiger charge is 1.97. The minimum absolute atomic E-state index is 0.746. The molecular weight excluding hydrogens is 316 g/mol. The molecule has 0 aromatic heterocycles. The Morgan fingerprint density at radius 2 is 1.09 bits per heavy atom. The molecule has 0 aliphatic heterocycles. The first-order chi connectivity index (χ1) is 10.9. The predicted octanol–water partition coefficient (Wildman–Crippen LogP) is 2.61. The number of ether oxygens (including phenoxy) is 2. The molecule has 0 aliphatic rings. The summed E-state index contributed by atoms with van der Waals surface area (Å²) < 4.78 is 11.4. The molecule has 0 amide bonds. The summed E-state index contributed by atoms with van der Waals surface area (Å²) >= 11 is 3.75. The molecule has 126 valence electrons. The first kappa shape index (κ1) is 19.5. The Morgan fingerprint density at radius 1 is 0.682 bits per heavy atom. The van der Waals surface area contributed by atoms with E-state index in [0.717, 1.165) is 73.7 Å². The van der Waals surface area contributed by atoms with Gasteiger partial charge in [0.2, 0.25) is 0 Å². The van der Waals surface area contributed by atoms with Crippen molar-refractivity contribution in [2.24, 2.45) is 11.5 Å². The van der Waals surface area contributed by atoms with Crippen LogP contribution in [0.2, 0.25) is 0 Å². The molecule has 0 spiro atoms. The van der Waals surface area contributed by atoms with Crippen LogP contribution in [0, 0.1) is 0 Å². The van der Waals surface area contributed by atoms with Crippen molar-refractivity contribution in [2.75, 3.05) is 49.3 Å². The molecule has 22 heavy (non-hydrogen) atoms. The third kappa shape index (κ3) is 10.2. The van der Waals surface area contributed by atoms with Gasteiger partial charge in [-0.25, -0.2) is 0 Å². The molecule has 0 radical (unpaired) electrons. The van der Waals surface area contributed by atoms with Gasteiger partial charge in [-0.05, 0) is 48.6 Å². The van der Waals surface area contributed by atoms with Crippen molar-refractivity contribution in [1.29, 1.82) is 0 Å².